The summed E-state index contributed by atoms with van der Waals surface area (Å²) in [5, 5.41) is 10.7. The van der Waals surface area contributed by atoms with E-state index in [4.69, 9.17) is 11.6 Å². The lowest BCUT2D eigenvalue weighted by molar-refractivity contribution is 0.0951. The summed E-state index contributed by atoms with van der Waals surface area (Å²) in [6.07, 6.45) is 5.41. The molecule has 0 aromatic carbocycles. The highest BCUT2D eigenvalue weighted by molar-refractivity contribution is 6.32. The van der Waals surface area contributed by atoms with Gasteiger partial charge in [-0.2, -0.15) is 0 Å². The quantitative estimate of drug-likeness (QED) is 0.744. The van der Waals surface area contributed by atoms with E-state index >= 15 is 0 Å². The summed E-state index contributed by atoms with van der Waals surface area (Å²) in [7, 11) is 0. The van der Waals surface area contributed by atoms with Gasteiger partial charge >= 0.3 is 0 Å². The van der Waals surface area contributed by atoms with Crippen LogP contribution < -0.4 is 5.32 Å². The fourth-order valence-electron chi connectivity index (χ4n) is 2.20. The number of carbonyl (C=O) groups excluding carboxylic acids is 1. The molecule has 7 nitrogen and oxygen atoms in total. The maximum atomic E-state index is 12.1. The molecule has 0 aliphatic carbocycles. The Bertz CT molecular complexity index is 627. The molecule has 0 atom stereocenters. The zero-order valence-electron chi connectivity index (χ0n) is 13.4. The third-order valence-electron chi connectivity index (χ3n) is 3.58. The van der Waals surface area contributed by atoms with Crippen LogP contribution in [0.5, 0.6) is 0 Å². The number of rotatable bonds is 8. The van der Waals surface area contributed by atoms with Gasteiger partial charge in [-0.15, -0.1) is 10.2 Å². The van der Waals surface area contributed by atoms with Crippen LogP contribution in [0.25, 0.3) is 5.82 Å². The molecule has 0 saturated carbocycles. The summed E-state index contributed by atoms with van der Waals surface area (Å²) >= 11 is 6.18. The Morgan fingerprint density at radius 3 is 2.61 bits per heavy atom. The Morgan fingerprint density at radius 1 is 1.30 bits per heavy atom. The predicted octanol–water partition coefficient (Wildman–Crippen LogP) is 1.78. The van der Waals surface area contributed by atoms with E-state index in [9.17, 15) is 4.79 Å². The van der Waals surface area contributed by atoms with E-state index in [-0.39, 0.29) is 5.91 Å². The van der Waals surface area contributed by atoms with E-state index in [0.29, 0.717) is 22.9 Å². The van der Waals surface area contributed by atoms with E-state index < -0.39 is 0 Å². The molecule has 23 heavy (non-hydrogen) atoms. The minimum absolute atomic E-state index is 0.172. The Hall–Kier alpha value is -1.99. The fraction of sp³-hybridized carbons (Fsp3) is 0.467. The Labute approximate surface area is 140 Å². The Balaban J connectivity index is 1.89. The van der Waals surface area contributed by atoms with Gasteiger partial charge in [0.25, 0.3) is 5.91 Å². The zero-order chi connectivity index (χ0) is 16.7. The van der Waals surface area contributed by atoms with Crippen LogP contribution in [0.1, 0.15) is 30.6 Å². The average Bonchev–Trinajstić information content (AvgIpc) is 3.09. The molecule has 2 aromatic rings. The van der Waals surface area contributed by atoms with Crippen LogP contribution in [-0.4, -0.2) is 56.7 Å². The molecule has 2 aromatic heterocycles. The third kappa shape index (κ3) is 4.74. The first kappa shape index (κ1) is 17.4. The monoisotopic (exact) mass is 336 g/mol. The van der Waals surface area contributed by atoms with Crippen molar-refractivity contribution in [2.24, 2.45) is 0 Å². The van der Waals surface area contributed by atoms with Crippen LogP contribution in [0.2, 0.25) is 5.02 Å². The molecule has 8 heteroatoms. The van der Waals surface area contributed by atoms with Gasteiger partial charge in [0, 0.05) is 12.7 Å². The molecule has 0 aliphatic rings. The summed E-state index contributed by atoms with van der Waals surface area (Å²) in [4.78, 5) is 18.6. The highest BCUT2D eigenvalue weighted by atomic mass is 35.5. The molecule has 0 radical (unpaired) electrons. The molecule has 0 spiro atoms. The minimum atomic E-state index is -0.172. The van der Waals surface area contributed by atoms with Crippen LogP contribution in [0.4, 0.5) is 0 Å². The summed E-state index contributed by atoms with van der Waals surface area (Å²) < 4.78 is 1.59. The van der Waals surface area contributed by atoms with E-state index in [1.54, 1.807) is 10.6 Å². The van der Waals surface area contributed by atoms with Crippen molar-refractivity contribution in [3.63, 3.8) is 0 Å². The summed E-state index contributed by atoms with van der Waals surface area (Å²) in [6, 6.07) is 1.60. The highest BCUT2D eigenvalue weighted by Gasteiger charge is 2.11. The third-order valence-corrected chi connectivity index (χ3v) is 3.86. The second-order valence-electron chi connectivity index (χ2n) is 5.03. The lowest BCUT2D eigenvalue weighted by Gasteiger charge is -2.17. The summed E-state index contributed by atoms with van der Waals surface area (Å²) in [5.41, 5.74) is 0.440. The number of carbonyl (C=O) groups is 1. The zero-order valence-corrected chi connectivity index (χ0v) is 14.1. The number of nitrogens with zero attached hydrogens (tertiary/aromatic N) is 5. The smallest absolute Gasteiger partial charge is 0.252 e. The SMILES string of the molecule is CCN(CC)CCCNC(=O)c1cnc(-n2cnnc2)c(Cl)c1. The van der Waals surface area contributed by atoms with Gasteiger partial charge in [0.1, 0.15) is 12.7 Å². The van der Waals surface area contributed by atoms with Crippen molar-refractivity contribution in [3.05, 3.63) is 35.5 Å². The van der Waals surface area contributed by atoms with Crippen molar-refractivity contribution in [1.82, 2.24) is 30.0 Å². The van der Waals surface area contributed by atoms with Crippen molar-refractivity contribution in [2.45, 2.75) is 20.3 Å². The normalized spacial score (nSPS) is 11.0. The second kappa shape index (κ2) is 8.59. The number of hydrogen-bond acceptors (Lipinski definition) is 5. The van der Waals surface area contributed by atoms with Gasteiger partial charge in [-0.3, -0.25) is 9.36 Å². The van der Waals surface area contributed by atoms with Crippen molar-refractivity contribution in [2.75, 3.05) is 26.2 Å². The molecule has 0 saturated heterocycles. The second-order valence-corrected chi connectivity index (χ2v) is 5.44. The van der Waals surface area contributed by atoms with Crippen LogP contribution in [-0.2, 0) is 0 Å². The van der Waals surface area contributed by atoms with Crippen LogP contribution in [0.15, 0.2) is 24.9 Å². The highest BCUT2D eigenvalue weighted by Crippen LogP contribution is 2.18. The van der Waals surface area contributed by atoms with Crippen LogP contribution in [0.3, 0.4) is 0 Å². The summed E-state index contributed by atoms with van der Waals surface area (Å²) in [6.45, 7) is 7.91. The first-order chi connectivity index (χ1) is 11.2. The first-order valence-corrected chi connectivity index (χ1v) is 8.04. The van der Waals surface area contributed by atoms with Gasteiger partial charge < -0.3 is 10.2 Å². The van der Waals surface area contributed by atoms with Crippen molar-refractivity contribution < 1.29 is 4.79 Å². The van der Waals surface area contributed by atoms with E-state index in [1.165, 1.54) is 18.9 Å². The predicted molar refractivity (Wildman–Crippen MR) is 88.9 cm³/mol. The summed E-state index contributed by atoms with van der Waals surface area (Å²) in [5.74, 6) is 0.323. The minimum Gasteiger partial charge on any atom is -0.352 e. The van der Waals surface area contributed by atoms with E-state index in [0.717, 1.165) is 26.1 Å². The molecule has 124 valence electrons. The van der Waals surface area contributed by atoms with Crippen molar-refractivity contribution >= 4 is 17.5 Å². The molecule has 0 aliphatic heterocycles. The van der Waals surface area contributed by atoms with E-state index in [2.05, 4.69) is 39.2 Å². The maximum absolute atomic E-state index is 12.1. The number of halogens is 1. The van der Waals surface area contributed by atoms with Gasteiger partial charge in [-0.25, -0.2) is 4.98 Å². The standard InChI is InChI=1S/C15H21ClN6O/c1-3-21(4-2)7-5-6-17-15(23)12-8-13(16)14(18-9-12)22-10-19-20-11-22/h8-11H,3-7H2,1-2H3,(H,17,23). The number of hydrogen-bond donors (Lipinski definition) is 1. The van der Waals surface area contributed by atoms with Crippen LogP contribution >= 0.6 is 11.6 Å². The van der Waals surface area contributed by atoms with Crippen molar-refractivity contribution in [1.29, 1.82) is 0 Å². The Morgan fingerprint density at radius 2 is 2.00 bits per heavy atom. The molecular weight excluding hydrogens is 316 g/mol. The topological polar surface area (TPSA) is 75.9 Å². The molecule has 0 fully saturated rings. The Kier molecular flexibility index (Phi) is 6.49. The molecule has 1 amide bonds. The van der Waals surface area contributed by atoms with Gasteiger partial charge in [-0.1, -0.05) is 25.4 Å². The molecule has 0 unspecified atom stereocenters. The fourth-order valence-corrected chi connectivity index (χ4v) is 2.47. The number of aromatic nitrogens is 4. The van der Waals surface area contributed by atoms with Crippen LogP contribution in [0, 0.1) is 0 Å². The molecule has 1 N–H and O–H groups in total. The lowest BCUT2D eigenvalue weighted by Crippen LogP contribution is -2.30. The van der Waals surface area contributed by atoms with Gasteiger partial charge in [0.2, 0.25) is 0 Å². The first-order valence-electron chi connectivity index (χ1n) is 7.66. The average molecular weight is 337 g/mol. The van der Waals surface area contributed by atoms with Gasteiger partial charge in [0.05, 0.1) is 10.6 Å². The van der Waals surface area contributed by atoms with Crippen molar-refractivity contribution in [3.8, 4) is 5.82 Å². The molecule has 0 bridgehead atoms. The molecule has 2 rings (SSSR count). The molecule has 2 heterocycles. The largest absolute Gasteiger partial charge is 0.352 e. The number of nitrogens with one attached hydrogen (secondary N) is 1. The number of pyridine rings is 1. The lowest BCUT2D eigenvalue weighted by atomic mass is 10.2. The number of amides is 1. The van der Waals surface area contributed by atoms with Gasteiger partial charge in [0.15, 0.2) is 5.82 Å². The molecular formula is C15H21ClN6O. The van der Waals surface area contributed by atoms with Gasteiger partial charge in [-0.05, 0) is 32.1 Å². The van der Waals surface area contributed by atoms with E-state index in [1.807, 2.05) is 0 Å². The maximum Gasteiger partial charge on any atom is 0.252 e.